The number of nitriles is 4. The predicted molar refractivity (Wildman–Crippen MR) is 163 cm³/mol. The number of nitro groups is 2. The summed E-state index contributed by atoms with van der Waals surface area (Å²) in [5.41, 5.74) is 2.98. The Morgan fingerprint density at radius 1 is 0.652 bits per heavy atom. The van der Waals surface area contributed by atoms with Crippen LogP contribution in [0.5, 0.6) is 0 Å². The average molecular weight is 615 g/mol. The Balaban J connectivity index is 1.79. The van der Waals surface area contributed by atoms with E-state index < -0.39 is 21.7 Å². The van der Waals surface area contributed by atoms with Gasteiger partial charge in [0.2, 0.25) is 0 Å². The summed E-state index contributed by atoms with van der Waals surface area (Å²) in [6.07, 6.45) is 7.04. The minimum absolute atomic E-state index is 0.0872. The molecule has 0 aliphatic carbocycles. The van der Waals surface area contributed by atoms with E-state index in [1.165, 1.54) is 24.3 Å². The first-order chi connectivity index (χ1) is 22.0. The molecule has 0 atom stereocenters. The second-order valence-electron chi connectivity index (χ2n) is 10.1. The van der Waals surface area contributed by atoms with Crippen molar-refractivity contribution in [1.29, 1.82) is 21.0 Å². The maximum atomic E-state index is 11.2. The molecule has 0 aliphatic heterocycles. The van der Waals surface area contributed by atoms with Crippen LogP contribution in [0.25, 0.3) is 34.7 Å². The van der Waals surface area contributed by atoms with Crippen molar-refractivity contribution in [2.45, 2.75) is 11.8 Å². The number of nitrogens with zero attached hydrogens (tertiary/aromatic N) is 10. The lowest BCUT2D eigenvalue weighted by Gasteiger charge is -2.02. The summed E-state index contributed by atoms with van der Waals surface area (Å²) in [5, 5.41) is 61.2. The molecule has 226 valence electrons. The van der Waals surface area contributed by atoms with Crippen LogP contribution in [0.15, 0.2) is 60.7 Å². The fourth-order valence-corrected chi connectivity index (χ4v) is 5.45. The first kappa shape index (κ1) is 32.0. The number of non-ortho nitro benzene ring substituents is 2. The molecule has 46 heavy (non-hydrogen) atoms. The van der Waals surface area contributed by atoms with E-state index in [2.05, 4.69) is 0 Å². The number of aromatic nitrogens is 4. The van der Waals surface area contributed by atoms with Crippen molar-refractivity contribution in [3.8, 4) is 46.8 Å². The quantitative estimate of drug-likeness (QED) is 0.116. The highest BCUT2D eigenvalue weighted by molar-refractivity contribution is 5.66. The normalized spacial score (nSPS) is 11.1. The molecule has 2 heterocycles. The van der Waals surface area contributed by atoms with E-state index in [-0.39, 0.29) is 11.4 Å². The molecule has 4 rings (SSSR count). The van der Waals surface area contributed by atoms with Gasteiger partial charge in [0, 0.05) is 47.5 Å². The summed E-state index contributed by atoms with van der Waals surface area (Å²) in [4.78, 5) is 21.3. The molecule has 0 bridgehead atoms. The van der Waals surface area contributed by atoms with Crippen LogP contribution in [0.3, 0.4) is 0 Å². The lowest BCUT2D eigenvalue weighted by Crippen LogP contribution is -2.33. The zero-order valence-corrected chi connectivity index (χ0v) is 25.2. The van der Waals surface area contributed by atoms with Crippen LogP contribution >= 0.6 is 0 Å². The molecular weight excluding hydrogens is 588 g/mol. The number of rotatable bonds is 9. The summed E-state index contributed by atoms with van der Waals surface area (Å²) in [6.45, 7) is 0. The molecular formula is C32H26N10O4+2. The Hall–Kier alpha value is -6.90. The molecule has 0 saturated heterocycles. The van der Waals surface area contributed by atoms with Gasteiger partial charge in [0.05, 0.1) is 62.3 Å². The van der Waals surface area contributed by atoms with Crippen LogP contribution in [0.2, 0.25) is 0 Å². The second-order valence-corrected chi connectivity index (χ2v) is 10.1. The van der Waals surface area contributed by atoms with Crippen molar-refractivity contribution in [1.82, 2.24) is 9.13 Å². The summed E-state index contributed by atoms with van der Waals surface area (Å²) in [6, 6.07) is 19.8. The average Bonchev–Trinajstić information content (AvgIpc) is 3.44. The van der Waals surface area contributed by atoms with Gasteiger partial charge in [-0.05, 0) is 24.3 Å². The van der Waals surface area contributed by atoms with E-state index in [0.717, 1.165) is 0 Å². The van der Waals surface area contributed by atoms with Crippen molar-refractivity contribution >= 4 is 23.5 Å². The zero-order valence-electron chi connectivity index (χ0n) is 25.2. The summed E-state index contributed by atoms with van der Waals surface area (Å²) in [7, 11) is 6.97. The number of allylic oxidation sites excluding steroid dienone is 2. The largest absolute Gasteiger partial charge is 0.281 e. The minimum Gasteiger partial charge on any atom is -0.258 e. The molecule has 14 heteroatoms. The van der Waals surface area contributed by atoms with E-state index in [9.17, 15) is 41.3 Å². The van der Waals surface area contributed by atoms with Crippen LogP contribution in [0.1, 0.15) is 34.9 Å². The Morgan fingerprint density at radius 3 is 1.22 bits per heavy atom. The third kappa shape index (κ3) is 5.70. The summed E-state index contributed by atoms with van der Waals surface area (Å²) in [5.74, 6) is -0.959. The van der Waals surface area contributed by atoms with Crippen LogP contribution < -0.4 is 9.13 Å². The number of hydrogen-bond donors (Lipinski definition) is 0. The van der Waals surface area contributed by atoms with Crippen LogP contribution in [-0.2, 0) is 28.2 Å². The molecule has 0 aliphatic rings. The van der Waals surface area contributed by atoms with E-state index in [0.29, 0.717) is 45.6 Å². The highest BCUT2D eigenvalue weighted by Gasteiger charge is 2.34. The highest BCUT2D eigenvalue weighted by atomic mass is 16.6. The molecule has 14 nitrogen and oxygen atoms in total. The van der Waals surface area contributed by atoms with Crippen molar-refractivity contribution in [2.24, 2.45) is 28.2 Å². The molecule has 0 N–H and O–H groups in total. The maximum absolute atomic E-state index is 11.2. The minimum atomic E-state index is -1.11. The van der Waals surface area contributed by atoms with Gasteiger partial charge in [-0.3, -0.25) is 20.2 Å². The maximum Gasteiger partial charge on any atom is 0.281 e. The zero-order chi connectivity index (χ0) is 33.7. The van der Waals surface area contributed by atoms with Gasteiger partial charge < -0.3 is 0 Å². The smallest absolute Gasteiger partial charge is 0.258 e. The second kappa shape index (κ2) is 13.2. The van der Waals surface area contributed by atoms with Gasteiger partial charge in [0.1, 0.15) is 0 Å². The van der Waals surface area contributed by atoms with Gasteiger partial charge in [-0.2, -0.15) is 21.0 Å². The number of hydrogen-bond acceptors (Lipinski definition) is 8. The first-order valence-electron chi connectivity index (χ1n) is 13.6. The fraction of sp³-hybridized carbons (Fsp3) is 0.188. The number of benzene rings is 2. The summed E-state index contributed by atoms with van der Waals surface area (Å²) < 4.78 is 7.02. The van der Waals surface area contributed by atoms with Crippen molar-refractivity contribution in [3.63, 3.8) is 0 Å². The Kier molecular flexibility index (Phi) is 9.17. The van der Waals surface area contributed by atoms with E-state index in [4.69, 9.17) is 0 Å². The number of imidazole rings is 2. The van der Waals surface area contributed by atoms with Gasteiger partial charge in [0.15, 0.2) is 34.6 Å². The fourth-order valence-electron chi connectivity index (χ4n) is 5.45. The standard InChI is InChI=1S/C32H26N10O4/c1-37-27(39(3)31(23(17-33)18-34)29(37)21-9-13-25(14-10-21)41(43)44)7-5-6-8-28-38(2)30(32(40(28)4)24(19-35)20-36)22-11-15-26(16-12-22)42(45)46/h5-16,23-24H,1-4H3/q+2. The van der Waals surface area contributed by atoms with E-state index in [1.807, 2.05) is 24.3 Å². The van der Waals surface area contributed by atoms with Gasteiger partial charge in [-0.1, -0.05) is 12.2 Å². The Labute approximate surface area is 263 Å². The lowest BCUT2D eigenvalue weighted by molar-refractivity contribution is -0.662. The third-order valence-corrected chi connectivity index (χ3v) is 7.62. The van der Waals surface area contributed by atoms with Crippen LogP contribution in [0, 0.1) is 65.6 Å². The van der Waals surface area contributed by atoms with Crippen molar-refractivity contribution in [2.75, 3.05) is 0 Å². The topological polar surface area (TPSA) is 199 Å². The molecule has 0 fully saturated rings. The van der Waals surface area contributed by atoms with Gasteiger partial charge in [-0.15, -0.1) is 0 Å². The molecule has 4 aromatic rings. The van der Waals surface area contributed by atoms with E-state index >= 15 is 0 Å². The first-order valence-corrected chi connectivity index (χ1v) is 13.6. The molecule has 0 spiro atoms. The Morgan fingerprint density at radius 2 is 0.957 bits per heavy atom. The number of nitro benzene ring substituents is 2. The predicted octanol–water partition coefficient (Wildman–Crippen LogP) is 4.15. The monoisotopic (exact) mass is 614 g/mol. The van der Waals surface area contributed by atoms with Crippen LogP contribution in [-0.4, -0.2) is 19.0 Å². The van der Waals surface area contributed by atoms with Crippen molar-refractivity contribution < 1.29 is 19.0 Å². The molecule has 0 amide bonds. The third-order valence-electron chi connectivity index (χ3n) is 7.62. The Bertz CT molecular complexity index is 1910. The SMILES string of the molecule is Cn1c(C(C#N)C#N)c(-c2ccc([N+](=O)[O-])cc2)[n+](C)c1/C=C/C=C/c1n(C)c(C(C#N)C#N)c(-c2ccc([N+](=O)[O-])cc2)[n+]1C. The van der Waals surface area contributed by atoms with Gasteiger partial charge in [0.25, 0.3) is 23.0 Å². The van der Waals surface area contributed by atoms with Crippen molar-refractivity contribution in [3.05, 3.63) is 104 Å². The molecule has 0 saturated carbocycles. The molecule has 0 unspecified atom stereocenters. The summed E-state index contributed by atoms with van der Waals surface area (Å²) >= 11 is 0. The van der Waals surface area contributed by atoms with Gasteiger partial charge >= 0.3 is 0 Å². The molecule has 0 radical (unpaired) electrons. The molecule has 2 aromatic carbocycles. The highest BCUT2D eigenvalue weighted by Crippen LogP contribution is 2.31. The lowest BCUT2D eigenvalue weighted by atomic mass is 10.0. The van der Waals surface area contributed by atoms with Gasteiger partial charge in [-0.25, -0.2) is 18.3 Å². The van der Waals surface area contributed by atoms with Crippen LogP contribution in [0.4, 0.5) is 11.4 Å². The van der Waals surface area contributed by atoms with E-state index in [1.54, 1.807) is 95.0 Å². The molecule has 2 aromatic heterocycles.